The summed E-state index contributed by atoms with van der Waals surface area (Å²) in [6, 6.07) is 8.28. The maximum atomic E-state index is 12.1. The molecule has 0 amide bonds. The topological polar surface area (TPSA) is 136 Å². The smallest absolute Gasteiger partial charge is 0.518 e. The third kappa shape index (κ3) is 10.4. The fraction of sp³-hybridized carbons (Fsp3) is 0.667. The zero-order chi connectivity index (χ0) is 24.7. The molecule has 1 spiro atoms. The van der Waals surface area contributed by atoms with Crippen LogP contribution in [0, 0.1) is 0 Å². The lowest BCUT2D eigenvalue weighted by Gasteiger charge is -2.43. The summed E-state index contributed by atoms with van der Waals surface area (Å²) in [4.78, 5) is 10.6. The van der Waals surface area contributed by atoms with Crippen LogP contribution in [0.15, 0.2) is 35.2 Å². The molecule has 11 nitrogen and oxygen atoms in total. The number of sulfonamides is 1. The van der Waals surface area contributed by atoms with Crippen LogP contribution in [-0.4, -0.2) is 97.0 Å². The molecule has 34 heavy (non-hydrogen) atoms. The van der Waals surface area contributed by atoms with Crippen molar-refractivity contribution in [2.75, 3.05) is 66.2 Å². The van der Waals surface area contributed by atoms with Crippen molar-refractivity contribution in [3.05, 3.63) is 30.3 Å². The summed E-state index contributed by atoms with van der Waals surface area (Å²) in [6.45, 7) is 3.84. The Bertz CT molecular complexity index is 783. The average Bonchev–Trinajstić information content (AvgIpc) is 2.78. The summed E-state index contributed by atoms with van der Waals surface area (Å²) >= 11 is 0. The molecule has 1 aromatic rings. The van der Waals surface area contributed by atoms with Gasteiger partial charge in [0.25, 0.3) is 0 Å². The molecule has 0 bridgehead atoms. The largest absolute Gasteiger partial charge is 1.00 e. The van der Waals surface area contributed by atoms with Crippen LogP contribution in [-0.2, 0) is 33.4 Å². The zero-order valence-corrected chi connectivity index (χ0v) is 20.6. The van der Waals surface area contributed by atoms with Gasteiger partial charge in [0.15, 0.2) is 0 Å². The number of unbranched alkanes of at least 4 members (excludes halogenated alkanes) is 2. The molecular weight excluding hydrogens is 465 g/mol. The Kier molecular flexibility index (Phi) is 13.0. The molecule has 3 rings (SSSR count). The summed E-state index contributed by atoms with van der Waals surface area (Å²) < 4.78 is 47.8. The van der Waals surface area contributed by atoms with Crippen LogP contribution in [0.5, 0.6) is 0 Å². The van der Waals surface area contributed by atoms with E-state index in [2.05, 4.69) is 10.6 Å². The lowest BCUT2D eigenvalue weighted by Crippen LogP contribution is -2.55. The van der Waals surface area contributed by atoms with E-state index < -0.39 is 22.9 Å². The van der Waals surface area contributed by atoms with Crippen molar-refractivity contribution in [2.24, 2.45) is 0 Å². The van der Waals surface area contributed by atoms with Gasteiger partial charge in [-0.1, -0.05) is 24.6 Å². The first-order chi connectivity index (χ1) is 16.4. The van der Waals surface area contributed by atoms with Crippen LogP contribution >= 0.6 is 0 Å². The fourth-order valence-corrected chi connectivity index (χ4v) is 4.55. The number of hydrogen-bond donors (Lipinski definition) is 3. The Balaban J connectivity index is 0.000000348. The molecule has 13 heteroatoms. The van der Waals surface area contributed by atoms with Crippen molar-refractivity contribution < 1.29 is 38.4 Å². The number of carboxylic acid groups (broad SMARTS) is 1. The highest BCUT2D eigenvalue weighted by Crippen LogP contribution is 2.15. The van der Waals surface area contributed by atoms with Crippen molar-refractivity contribution >= 4 is 22.9 Å². The van der Waals surface area contributed by atoms with Crippen LogP contribution in [0.1, 0.15) is 27.1 Å². The van der Waals surface area contributed by atoms with E-state index >= 15 is 0 Å². The quantitative estimate of drug-likeness (QED) is 0.345. The molecule has 0 aromatic heterocycles. The second kappa shape index (κ2) is 15.4. The molecular formula is C21H38BN3O8S. The predicted octanol–water partition coefficient (Wildman–Crippen LogP) is 0.759. The molecule has 2 heterocycles. The Morgan fingerprint density at radius 1 is 0.941 bits per heavy atom. The van der Waals surface area contributed by atoms with Gasteiger partial charge in [-0.3, -0.25) is 4.79 Å². The minimum absolute atomic E-state index is 0. The lowest BCUT2D eigenvalue weighted by molar-refractivity contribution is -0.137. The standard InChI is InChI=1S/C13H19NO4S.C8H18BN2O4/c1-14(11-7-3-6-10-13(15)16)19(17,18)12-8-4-2-5-9-12;1-5-12-9(13-6-2-10-1)14-7-3-11-4-8-15-9/h2,4-5,8-9H,3,6-7,10-11H2,1H3,(H,15,16);10-11H,1-8H2/q;-1/p+1. The average molecular weight is 503 g/mol. The Labute approximate surface area is 203 Å². The van der Waals surface area contributed by atoms with E-state index in [-0.39, 0.29) is 12.7 Å². The van der Waals surface area contributed by atoms with Gasteiger partial charge in [0.1, 0.15) is 0 Å². The van der Waals surface area contributed by atoms with Gasteiger partial charge in [-0.05, 0) is 25.0 Å². The number of nitrogens with zero attached hydrogens (tertiary/aromatic N) is 1. The minimum Gasteiger partial charge on any atom is -0.518 e. The molecule has 2 aliphatic heterocycles. The van der Waals surface area contributed by atoms with E-state index in [0.29, 0.717) is 52.2 Å². The maximum absolute atomic E-state index is 12.1. The van der Waals surface area contributed by atoms with Crippen LogP contribution in [0.3, 0.4) is 0 Å². The molecule has 2 aliphatic rings. The normalized spacial score (nSPS) is 19.2. The van der Waals surface area contributed by atoms with Gasteiger partial charge >= 0.3 is 14.4 Å². The van der Waals surface area contributed by atoms with Crippen molar-refractivity contribution in [1.29, 1.82) is 0 Å². The Morgan fingerprint density at radius 3 is 1.91 bits per heavy atom. The fourth-order valence-electron chi connectivity index (χ4n) is 3.32. The number of aliphatic carboxylic acids is 1. The Hall–Kier alpha value is -1.58. The number of carbonyl (C=O) groups is 1. The van der Waals surface area contributed by atoms with Crippen molar-refractivity contribution in [1.82, 2.24) is 14.9 Å². The molecule has 0 atom stereocenters. The molecule has 0 aliphatic carbocycles. The van der Waals surface area contributed by atoms with Crippen LogP contribution in [0.4, 0.5) is 0 Å². The maximum Gasteiger partial charge on any atom is 1.00 e. The molecule has 2 saturated heterocycles. The molecule has 194 valence electrons. The summed E-state index contributed by atoms with van der Waals surface area (Å²) in [7, 11) is -1.88. The van der Waals surface area contributed by atoms with Gasteiger partial charge in [0.2, 0.25) is 10.0 Å². The van der Waals surface area contributed by atoms with Crippen molar-refractivity contribution in [2.45, 2.75) is 30.6 Å². The Morgan fingerprint density at radius 2 is 1.44 bits per heavy atom. The van der Waals surface area contributed by atoms with Gasteiger partial charge in [-0.2, -0.15) is 0 Å². The lowest BCUT2D eigenvalue weighted by atomic mass is 10.0. The summed E-state index contributed by atoms with van der Waals surface area (Å²) in [5.41, 5.74) is 0. The van der Waals surface area contributed by atoms with Crippen LogP contribution in [0.25, 0.3) is 0 Å². The number of benzene rings is 1. The van der Waals surface area contributed by atoms with Gasteiger partial charge in [-0.25, -0.2) is 12.7 Å². The van der Waals surface area contributed by atoms with Gasteiger partial charge in [0.05, 0.1) is 4.90 Å². The molecule has 2 fully saturated rings. The van der Waals surface area contributed by atoms with E-state index in [4.69, 9.17) is 23.7 Å². The summed E-state index contributed by atoms with van der Waals surface area (Å²) in [5, 5.41) is 14.8. The van der Waals surface area contributed by atoms with Crippen molar-refractivity contribution in [3.63, 3.8) is 0 Å². The first-order valence-electron chi connectivity index (χ1n) is 11.7. The van der Waals surface area contributed by atoms with Gasteiger partial charge < -0.3 is 34.4 Å². The van der Waals surface area contributed by atoms with Crippen LogP contribution in [0.2, 0.25) is 0 Å². The number of hydrogen-bond acceptors (Lipinski definition) is 9. The molecule has 0 radical (unpaired) electrons. The number of carboxylic acids is 1. The SMILES string of the molecule is C1CO[B-]2(OCCN1)OCCNCCO2.CN(CCCCCC(=O)O)S(=O)(=O)c1ccccc1.[H+]. The van der Waals surface area contributed by atoms with E-state index in [1.54, 1.807) is 37.4 Å². The first kappa shape index (κ1) is 28.7. The van der Waals surface area contributed by atoms with E-state index in [1.165, 1.54) is 4.31 Å². The van der Waals surface area contributed by atoms with Gasteiger partial charge in [-0.15, -0.1) is 0 Å². The van der Waals surface area contributed by atoms with E-state index in [9.17, 15) is 13.2 Å². The summed E-state index contributed by atoms with van der Waals surface area (Å²) in [5.74, 6) is -0.815. The second-order valence-electron chi connectivity index (χ2n) is 7.90. The molecule has 1 aromatic carbocycles. The molecule has 0 saturated carbocycles. The molecule has 3 N–H and O–H groups in total. The first-order valence-corrected chi connectivity index (χ1v) is 13.1. The highest BCUT2D eigenvalue weighted by Gasteiger charge is 2.33. The third-order valence-corrected chi connectivity index (χ3v) is 7.09. The zero-order valence-electron chi connectivity index (χ0n) is 20.8. The van der Waals surface area contributed by atoms with Crippen molar-refractivity contribution in [3.8, 4) is 0 Å². The highest BCUT2D eigenvalue weighted by atomic mass is 32.2. The monoisotopic (exact) mass is 503 g/mol. The number of rotatable bonds is 8. The van der Waals surface area contributed by atoms with E-state index in [0.717, 1.165) is 26.2 Å². The highest BCUT2D eigenvalue weighted by molar-refractivity contribution is 7.89. The van der Waals surface area contributed by atoms with E-state index in [1.807, 2.05) is 0 Å². The third-order valence-electron chi connectivity index (χ3n) is 5.22. The van der Waals surface area contributed by atoms with Gasteiger partial charge in [0, 0.05) is 72.6 Å². The minimum atomic E-state index is -3.43. The summed E-state index contributed by atoms with van der Waals surface area (Å²) in [6.07, 6.45) is 2.08. The molecule has 0 unspecified atom stereocenters. The predicted molar refractivity (Wildman–Crippen MR) is 129 cm³/mol. The number of nitrogens with one attached hydrogen (secondary N) is 2. The second-order valence-corrected chi connectivity index (χ2v) is 9.95. The van der Waals surface area contributed by atoms with Crippen LogP contribution < -0.4 is 10.6 Å².